The third-order valence-corrected chi connectivity index (χ3v) is 4.97. The second-order valence-electron chi connectivity index (χ2n) is 4.80. The summed E-state index contributed by atoms with van der Waals surface area (Å²) < 4.78 is 45.4. The average Bonchev–Trinajstić information content (AvgIpc) is 2.37. The van der Waals surface area contributed by atoms with Crippen LogP contribution in [0.25, 0.3) is 0 Å². The van der Waals surface area contributed by atoms with Gasteiger partial charge in [0.1, 0.15) is 22.3 Å². The lowest BCUT2D eigenvalue weighted by Gasteiger charge is -2.34. The van der Waals surface area contributed by atoms with Gasteiger partial charge in [0.25, 0.3) is 0 Å². The first-order chi connectivity index (χ1) is 9.36. The van der Waals surface area contributed by atoms with Crippen molar-refractivity contribution >= 4 is 10.0 Å². The van der Waals surface area contributed by atoms with E-state index in [0.29, 0.717) is 0 Å². The number of nitrogens with zero attached hydrogens (tertiary/aromatic N) is 2. The number of sulfonamides is 1. The van der Waals surface area contributed by atoms with Gasteiger partial charge in [-0.3, -0.25) is 0 Å². The molecule has 5 nitrogen and oxygen atoms in total. The van der Waals surface area contributed by atoms with Crippen LogP contribution in [-0.2, 0) is 14.8 Å². The third kappa shape index (κ3) is 2.68. The molecule has 0 spiro atoms. The Morgan fingerprint density at radius 2 is 1.95 bits per heavy atom. The van der Waals surface area contributed by atoms with Crippen molar-refractivity contribution in [2.45, 2.75) is 31.0 Å². The molecule has 1 aliphatic rings. The number of nitriles is 1. The summed E-state index contributed by atoms with van der Waals surface area (Å²) in [4.78, 5) is -0.290. The summed E-state index contributed by atoms with van der Waals surface area (Å²) in [5.74, 6) is -0.831. The number of rotatable bonds is 2. The molecule has 0 unspecified atom stereocenters. The Labute approximate surface area is 117 Å². The zero-order valence-corrected chi connectivity index (χ0v) is 12.0. The summed E-state index contributed by atoms with van der Waals surface area (Å²) in [6, 6.07) is 5.23. The fraction of sp³-hybridized carbons (Fsp3) is 0.462. The highest BCUT2D eigenvalue weighted by Gasteiger charge is 2.34. The Kier molecular flexibility index (Phi) is 4.09. The smallest absolute Gasteiger partial charge is 0.244 e. The highest BCUT2D eigenvalue weighted by atomic mass is 32.2. The van der Waals surface area contributed by atoms with E-state index in [1.165, 1.54) is 16.4 Å². The van der Waals surface area contributed by atoms with Gasteiger partial charge in [-0.1, -0.05) is 6.07 Å². The molecule has 0 saturated carbocycles. The Bertz CT molecular complexity index is 644. The van der Waals surface area contributed by atoms with Crippen molar-refractivity contribution in [3.05, 3.63) is 29.6 Å². The molecule has 1 aromatic carbocycles. The zero-order valence-electron chi connectivity index (χ0n) is 11.2. The lowest BCUT2D eigenvalue weighted by Crippen LogP contribution is -2.48. The summed E-state index contributed by atoms with van der Waals surface area (Å²) in [7, 11) is -3.90. The lowest BCUT2D eigenvalue weighted by atomic mass is 10.2. The predicted octanol–water partition coefficient (Wildman–Crippen LogP) is 1.50. The van der Waals surface area contributed by atoms with E-state index in [1.54, 1.807) is 19.9 Å². The zero-order chi connectivity index (χ0) is 14.9. The number of morpholine rings is 1. The van der Waals surface area contributed by atoms with Crippen molar-refractivity contribution < 1.29 is 17.5 Å². The Morgan fingerprint density at radius 3 is 2.50 bits per heavy atom. The molecule has 7 heteroatoms. The van der Waals surface area contributed by atoms with Gasteiger partial charge in [0.2, 0.25) is 10.0 Å². The minimum atomic E-state index is -3.90. The molecule has 0 aliphatic carbocycles. The van der Waals surface area contributed by atoms with Crippen molar-refractivity contribution in [2.75, 3.05) is 13.1 Å². The second kappa shape index (κ2) is 5.48. The summed E-state index contributed by atoms with van der Waals surface area (Å²) in [6.45, 7) is 3.92. The molecule has 0 N–H and O–H groups in total. The molecule has 1 aromatic rings. The topological polar surface area (TPSA) is 70.4 Å². The fourth-order valence-electron chi connectivity index (χ4n) is 2.29. The number of hydrogen-bond donors (Lipinski definition) is 0. The average molecular weight is 298 g/mol. The first-order valence-corrected chi connectivity index (χ1v) is 7.64. The molecule has 1 heterocycles. The van der Waals surface area contributed by atoms with Gasteiger partial charge < -0.3 is 4.74 Å². The third-order valence-electron chi connectivity index (χ3n) is 3.09. The van der Waals surface area contributed by atoms with Gasteiger partial charge >= 0.3 is 0 Å². The Hall–Kier alpha value is -1.49. The Balaban J connectivity index is 2.46. The predicted molar refractivity (Wildman–Crippen MR) is 69.9 cm³/mol. The fourth-order valence-corrected chi connectivity index (χ4v) is 4.04. The summed E-state index contributed by atoms with van der Waals surface area (Å²) in [5.41, 5.74) is -0.445. The van der Waals surface area contributed by atoms with E-state index < -0.39 is 21.4 Å². The molecule has 2 rings (SSSR count). The van der Waals surface area contributed by atoms with E-state index in [-0.39, 0.29) is 30.2 Å². The van der Waals surface area contributed by atoms with Crippen LogP contribution in [0.2, 0.25) is 0 Å². The van der Waals surface area contributed by atoms with E-state index in [9.17, 15) is 12.8 Å². The van der Waals surface area contributed by atoms with E-state index >= 15 is 0 Å². The maximum atomic E-state index is 13.6. The molecule has 0 aromatic heterocycles. The first kappa shape index (κ1) is 14.9. The molecule has 2 atom stereocenters. The molecular formula is C13H15FN2O3S. The van der Waals surface area contributed by atoms with E-state index in [4.69, 9.17) is 10.00 Å². The number of benzene rings is 1. The molecular weight excluding hydrogens is 283 g/mol. The quantitative estimate of drug-likeness (QED) is 0.829. The van der Waals surface area contributed by atoms with Gasteiger partial charge in [-0.25, -0.2) is 12.8 Å². The van der Waals surface area contributed by atoms with Gasteiger partial charge in [-0.2, -0.15) is 9.57 Å². The molecule has 0 amide bonds. The van der Waals surface area contributed by atoms with Crippen LogP contribution in [0, 0.1) is 17.1 Å². The molecule has 1 aliphatic heterocycles. The van der Waals surface area contributed by atoms with Crippen LogP contribution in [0.4, 0.5) is 4.39 Å². The highest BCUT2D eigenvalue weighted by molar-refractivity contribution is 7.89. The largest absolute Gasteiger partial charge is 0.373 e. The van der Waals surface area contributed by atoms with Crippen molar-refractivity contribution in [3.63, 3.8) is 0 Å². The van der Waals surface area contributed by atoms with Gasteiger partial charge in [0.05, 0.1) is 12.2 Å². The maximum Gasteiger partial charge on any atom is 0.244 e. The molecule has 20 heavy (non-hydrogen) atoms. The van der Waals surface area contributed by atoms with Gasteiger partial charge in [-0.05, 0) is 26.0 Å². The van der Waals surface area contributed by atoms with Crippen molar-refractivity contribution in [2.24, 2.45) is 0 Å². The van der Waals surface area contributed by atoms with Gasteiger partial charge in [0.15, 0.2) is 0 Å². The summed E-state index contributed by atoms with van der Waals surface area (Å²) in [6.07, 6.45) is -0.486. The molecule has 108 valence electrons. The lowest BCUT2D eigenvalue weighted by molar-refractivity contribution is -0.0440. The van der Waals surface area contributed by atoms with E-state index in [1.807, 2.05) is 0 Å². The van der Waals surface area contributed by atoms with Crippen molar-refractivity contribution in [1.82, 2.24) is 4.31 Å². The highest BCUT2D eigenvalue weighted by Crippen LogP contribution is 2.24. The molecule has 1 saturated heterocycles. The van der Waals surface area contributed by atoms with E-state index in [2.05, 4.69) is 0 Å². The van der Waals surface area contributed by atoms with Crippen LogP contribution in [0.5, 0.6) is 0 Å². The molecule has 0 radical (unpaired) electrons. The van der Waals surface area contributed by atoms with Crippen LogP contribution in [0.1, 0.15) is 19.4 Å². The minimum absolute atomic E-state index is 0.189. The van der Waals surface area contributed by atoms with Crippen LogP contribution in [-0.4, -0.2) is 38.0 Å². The monoisotopic (exact) mass is 298 g/mol. The standard InChI is InChI=1S/C13H15FN2O3S/c1-9-7-16(8-10(2)19-9)20(17,18)13-5-3-4-12(14)11(13)6-15/h3-5,9-10H,7-8H2,1-2H3/t9-,10+. The normalized spacial score (nSPS) is 24.3. The van der Waals surface area contributed by atoms with Crippen molar-refractivity contribution in [1.29, 1.82) is 5.26 Å². The van der Waals surface area contributed by atoms with Crippen LogP contribution < -0.4 is 0 Å². The summed E-state index contributed by atoms with van der Waals surface area (Å²) in [5, 5.41) is 8.97. The van der Waals surface area contributed by atoms with Gasteiger partial charge in [-0.15, -0.1) is 0 Å². The Morgan fingerprint density at radius 1 is 1.35 bits per heavy atom. The number of ether oxygens (including phenoxy) is 1. The molecule has 1 fully saturated rings. The molecule has 0 bridgehead atoms. The number of hydrogen-bond acceptors (Lipinski definition) is 4. The van der Waals surface area contributed by atoms with Crippen LogP contribution >= 0.6 is 0 Å². The van der Waals surface area contributed by atoms with Crippen molar-refractivity contribution in [3.8, 4) is 6.07 Å². The first-order valence-electron chi connectivity index (χ1n) is 6.20. The minimum Gasteiger partial charge on any atom is -0.373 e. The van der Waals surface area contributed by atoms with Crippen LogP contribution in [0.15, 0.2) is 23.1 Å². The summed E-state index contributed by atoms with van der Waals surface area (Å²) >= 11 is 0. The second-order valence-corrected chi connectivity index (χ2v) is 6.71. The maximum absolute atomic E-state index is 13.6. The SMILES string of the molecule is C[C@@H]1CN(S(=O)(=O)c2cccc(F)c2C#N)C[C@H](C)O1. The van der Waals surface area contributed by atoms with E-state index in [0.717, 1.165) is 6.07 Å². The van der Waals surface area contributed by atoms with Crippen LogP contribution in [0.3, 0.4) is 0 Å². The number of halogens is 1. The van der Waals surface area contributed by atoms with Gasteiger partial charge in [0, 0.05) is 13.1 Å².